The summed E-state index contributed by atoms with van der Waals surface area (Å²) >= 11 is 5.61. The Labute approximate surface area is 150 Å². The van der Waals surface area contributed by atoms with Gasteiger partial charge in [0.2, 0.25) is 5.91 Å². The second kappa shape index (κ2) is 9.99. The van der Waals surface area contributed by atoms with Crippen LogP contribution in [0.4, 0.5) is 11.5 Å². The van der Waals surface area contributed by atoms with Crippen LogP contribution in [-0.2, 0) is 14.3 Å². The summed E-state index contributed by atoms with van der Waals surface area (Å²) in [6, 6.07) is 3.10. The van der Waals surface area contributed by atoms with Crippen molar-refractivity contribution in [3.8, 4) is 0 Å². The smallest absolute Gasteiger partial charge is 0.338 e. The van der Waals surface area contributed by atoms with E-state index >= 15 is 0 Å². The fourth-order valence-corrected chi connectivity index (χ4v) is 1.71. The number of esters is 1. The number of hydrogen-bond acceptors (Lipinski definition) is 5. The first-order chi connectivity index (χ1) is 11.8. The van der Waals surface area contributed by atoms with Gasteiger partial charge in [-0.2, -0.15) is 0 Å². The first-order valence-corrected chi connectivity index (χ1v) is 7.56. The normalized spacial score (nSPS) is 12.5. The van der Waals surface area contributed by atoms with E-state index in [1.807, 2.05) is 0 Å². The summed E-state index contributed by atoms with van der Waals surface area (Å²) in [7, 11) is 0. The molecule has 0 radical (unpaired) electrons. The third-order valence-corrected chi connectivity index (χ3v) is 2.61. The van der Waals surface area contributed by atoms with Crippen LogP contribution in [-0.4, -0.2) is 34.6 Å². The number of carbonyl (C=O) groups excluding carboxylic acids is 2. The predicted molar refractivity (Wildman–Crippen MR) is 98.0 cm³/mol. The van der Waals surface area contributed by atoms with Crippen LogP contribution < -0.4 is 11.1 Å². The zero-order valence-electron chi connectivity index (χ0n) is 13.8. The van der Waals surface area contributed by atoms with Crippen LogP contribution >= 0.6 is 11.6 Å². The molecule has 0 saturated heterocycles. The van der Waals surface area contributed by atoms with Crippen molar-refractivity contribution in [2.45, 2.75) is 13.8 Å². The van der Waals surface area contributed by atoms with Gasteiger partial charge in [-0.25, -0.2) is 19.8 Å². The quantitative estimate of drug-likeness (QED) is 0.201. The number of pyridine rings is 1. The molecule has 0 atom stereocenters. The largest absolute Gasteiger partial charge is 0.462 e. The average molecular weight is 364 g/mol. The van der Waals surface area contributed by atoms with Gasteiger partial charge in [-0.1, -0.05) is 12.7 Å². The standard InChI is InChI=1S/C16H18ClN5O3/c1-4-11(15(24)25-5-2)8-14(22-16(17)18)21-12-6-7-19-13(9-12)20-10(3)23/h4,6-9H,1,5H2,2-3H3,(H3,18,19,20,21,22,23)/b11-8-. The van der Waals surface area contributed by atoms with Gasteiger partial charge in [-0.15, -0.1) is 0 Å². The van der Waals surface area contributed by atoms with Crippen LogP contribution in [0.5, 0.6) is 0 Å². The third-order valence-electron chi connectivity index (χ3n) is 2.53. The number of aromatic nitrogens is 1. The molecule has 0 aliphatic rings. The lowest BCUT2D eigenvalue weighted by Gasteiger charge is -2.04. The van der Waals surface area contributed by atoms with Gasteiger partial charge in [0.25, 0.3) is 0 Å². The number of hydrogen-bond donors (Lipinski definition) is 2. The van der Waals surface area contributed by atoms with Gasteiger partial charge in [0.1, 0.15) is 5.82 Å². The molecule has 3 N–H and O–H groups in total. The molecule has 8 nitrogen and oxygen atoms in total. The number of amidine groups is 2. The van der Waals surface area contributed by atoms with E-state index in [1.165, 1.54) is 31.3 Å². The van der Waals surface area contributed by atoms with Gasteiger partial charge in [-0.05, 0) is 30.7 Å². The van der Waals surface area contributed by atoms with Crippen molar-refractivity contribution in [3.05, 3.63) is 42.6 Å². The zero-order chi connectivity index (χ0) is 18.8. The van der Waals surface area contributed by atoms with Crippen molar-refractivity contribution >= 4 is 46.1 Å². The lowest BCUT2D eigenvalue weighted by Crippen LogP contribution is -2.10. The van der Waals surface area contributed by atoms with E-state index in [1.54, 1.807) is 13.0 Å². The zero-order valence-corrected chi connectivity index (χ0v) is 14.6. The SMILES string of the molecule is C=C/C(=C/C(N=C(N)Cl)=Nc1ccnc(NC(C)=O)c1)C(=O)OCC. The summed E-state index contributed by atoms with van der Waals surface area (Å²) in [5, 5.41) is 2.27. The van der Waals surface area contributed by atoms with E-state index in [4.69, 9.17) is 22.1 Å². The van der Waals surface area contributed by atoms with Crippen LogP contribution in [0.2, 0.25) is 0 Å². The molecule has 0 spiro atoms. The van der Waals surface area contributed by atoms with Crippen molar-refractivity contribution in [1.82, 2.24) is 4.98 Å². The van der Waals surface area contributed by atoms with Crippen LogP contribution in [0.15, 0.2) is 52.6 Å². The molecule has 25 heavy (non-hydrogen) atoms. The summed E-state index contributed by atoms with van der Waals surface area (Å²) < 4.78 is 4.91. The van der Waals surface area contributed by atoms with E-state index in [-0.39, 0.29) is 29.2 Å². The van der Waals surface area contributed by atoms with E-state index < -0.39 is 5.97 Å². The highest BCUT2D eigenvalue weighted by Crippen LogP contribution is 2.17. The molecule has 0 aromatic carbocycles. The number of nitrogens with zero attached hydrogens (tertiary/aromatic N) is 3. The molecule has 132 valence electrons. The molecular weight excluding hydrogens is 346 g/mol. The van der Waals surface area contributed by atoms with Crippen LogP contribution in [0.25, 0.3) is 0 Å². The first kappa shape index (κ1) is 20.0. The summed E-state index contributed by atoms with van der Waals surface area (Å²) in [5.74, 6) is -0.486. The summed E-state index contributed by atoms with van der Waals surface area (Å²) in [4.78, 5) is 35.0. The van der Waals surface area contributed by atoms with Gasteiger partial charge in [0.05, 0.1) is 17.9 Å². The number of aliphatic imine (C=N–C) groups is 2. The van der Waals surface area contributed by atoms with Gasteiger partial charge in [0, 0.05) is 19.2 Å². The van der Waals surface area contributed by atoms with Crippen molar-refractivity contribution in [2.24, 2.45) is 15.7 Å². The number of anilines is 1. The van der Waals surface area contributed by atoms with Gasteiger partial charge >= 0.3 is 5.97 Å². The van der Waals surface area contributed by atoms with E-state index in [2.05, 4.69) is 26.9 Å². The highest BCUT2D eigenvalue weighted by Gasteiger charge is 2.09. The lowest BCUT2D eigenvalue weighted by atomic mass is 10.2. The fourth-order valence-electron chi connectivity index (χ4n) is 1.62. The molecule has 0 aliphatic carbocycles. The number of halogens is 1. The van der Waals surface area contributed by atoms with E-state index in [9.17, 15) is 9.59 Å². The Kier molecular flexibility index (Phi) is 8.01. The Morgan fingerprint density at radius 3 is 2.80 bits per heavy atom. The van der Waals surface area contributed by atoms with Crippen molar-refractivity contribution in [2.75, 3.05) is 11.9 Å². The summed E-state index contributed by atoms with van der Waals surface area (Å²) in [6.45, 7) is 6.81. The molecule has 0 unspecified atom stereocenters. The van der Waals surface area contributed by atoms with Crippen LogP contribution in [0.3, 0.4) is 0 Å². The molecule has 1 rings (SSSR count). The second-order valence-corrected chi connectivity index (χ2v) is 4.90. The Bertz CT molecular complexity index is 752. The molecule has 9 heteroatoms. The van der Waals surface area contributed by atoms with Crippen molar-refractivity contribution < 1.29 is 14.3 Å². The summed E-state index contributed by atoms with van der Waals surface area (Å²) in [6.07, 6.45) is 4.10. The maximum atomic E-state index is 11.8. The van der Waals surface area contributed by atoms with Crippen molar-refractivity contribution in [3.63, 3.8) is 0 Å². The number of nitrogens with one attached hydrogen (secondary N) is 1. The molecule has 1 amide bonds. The molecule has 0 aliphatic heterocycles. The predicted octanol–water partition coefficient (Wildman–Crippen LogP) is 2.30. The summed E-state index contributed by atoms with van der Waals surface area (Å²) in [5.41, 5.74) is 5.94. The maximum Gasteiger partial charge on any atom is 0.338 e. The first-order valence-electron chi connectivity index (χ1n) is 7.19. The monoisotopic (exact) mass is 363 g/mol. The van der Waals surface area contributed by atoms with Crippen LogP contribution in [0.1, 0.15) is 13.8 Å². The highest BCUT2D eigenvalue weighted by atomic mass is 35.5. The molecule has 1 aromatic rings. The number of carbonyl (C=O) groups is 2. The van der Waals surface area contributed by atoms with Crippen molar-refractivity contribution in [1.29, 1.82) is 0 Å². The molecule has 1 aromatic heterocycles. The lowest BCUT2D eigenvalue weighted by molar-refractivity contribution is -0.138. The van der Waals surface area contributed by atoms with Gasteiger partial charge < -0.3 is 15.8 Å². The molecular formula is C16H18ClN5O3. The Balaban J connectivity index is 3.28. The number of nitrogens with two attached hydrogens (primary N) is 1. The molecule has 1 heterocycles. The minimum absolute atomic E-state index is 0.0513. The maximum absolute atomic E-state index is 11.8. The third kappa shape index (κ3) is 7.40. The fraction of sp³-hybridized carbons (Fsp3) is 0.188. The van der Waals surface area contributed by atoms with E-state index in [0.29, 0.717) is 11.5 Å². The van der Waals surface area contributed by atoms with Gasteiger partial charge in [0.15, 0.2) is 11.1 Å². The van der Waals surface area contributed by atoms with E-state index in [0.717, 1.165) is 0 Å². The van der Waals surface area contributed by atoms with Crippen LogP contribution in [0, 0.1) is 0 Å². The topological polar surface area (TPSA) is 119 Å². The number of amides is 1. The molecule has 0 saturated carbocycles. The second-order valence-electron chi connectivity index (χ2n) is 4.51. The number of ether oxygens (including phenoxy) is 1. The Morgan fingerprint density at radius 1 is 1.52 bits per heavy atom. The minimum Gasteiger partial charge on any atom is -0.462 e. The minimum atomic E-state index is -0.581. The number of rotatable bonds is 6. The van der Waals surface area contributed by atoms with Gasteiger partial charge in [-0.3, -0.25) is 4.79 Å². The molecule has 0 fully saturated rings. The average Bonchev–Trinajstić information content (AvgIpc) is 2.51. The highest BCUT2D eigenvalue weighted by molar-refractivity contribution is 6.65. The molecule has 0 bridgehead atoms. The Hall–Kier alpha value is -3.00. The Morgan fingerprint density at radius 2 is 2.24 bits per heavy atom.